The molecule has 0 aromatic carbocycles. The van der Waals surface area contributed by atoms with Crippen molar-refractivity contribution in [1.82, 2.24) is 15.1 Å². The van der Waals surface area contributed by atoms with Crippen molar-refractivity contribution >= 4 is 0 Å². The Morgan fingerprint density at radius 1 is 0.667 bits per heavy atom. The van der Waals surface area contributed by atoms with Gasteiger partial charge in [0.25, 0.3) is 0 Å². The van der Waals surface area contributed by atoms with Crippen LogP contribution in [0.25, 0.3) is 0 Å². The number of hydrogen-bond acceptors (Lipinski definition) is 3. The van der Waals surface area contributed by atoms with E-state index in [1.807, 2.05) is 0 Å². The molecule has 0 heterocycles. The summed E-state index contributed by atoms with van der Waals surface area (Å²) in [5.41, 5.74) is 0.264. The van der Waals surface area contributed by atoms with E-state index in [2.05, 4.69) is 56.7 Å². The largest absolute Gasteiger partial charge is 0.312 e. The molecule has 0 amide bonds. The molecule has 0 aliphatic rings. The van der Waals surface area contributed by atoms with Crippen molar-refractivity contribution in [3.8, 4) is 0 Å². The van der Waals surface area contributed by atoms with E-state index in [1.54, 1.807) is 0 Å². The lowest BCUT2D eigenvalue weighted by molar-refractivity contribution is 0.240. The molecule has 0 unspecified atom stereocenters. The van der Waals surface area contributed by atoms with E-state index in [1.165, 1.54) is 65.0 Å². The van der Waals surface area contributed by atoms with Crippen molar-refractivity contribution < 1.29 is 0 Å². The Labute approximate surface area is 134 Å². The van der Waals surface area contributed by atoms with Gasteiger partial charge in [0.05, 0.1) is 0 Å². The van der Waals surface area contributed by atoms with Crippen LogP contribution >= 0.6 is 0 Å². The van der Waals surface area contributed by atoms with E-state index >= 15 is 0 Å². The standard InChI is InChI=1S/C18H41N3/c1-7-20(8-2)16-13-17-21(9-3)15-12-10-11-14-19-18(4,5)6/h19H,7-17H2,1-6H3. The topological polar surface area (TPSA) is 18.5 Å². The molecule has 0 radical (unpaired) electrons. The summed E-state index contributed by atoms with van der Waals surface area (Å²) in [7, 11) is 0. The van der Waals surface area contributed by atoms with Gasteiger partial charge < -0.3 is 15.1 Å². The maximum absolute atomic E-state index is 3.56. The van der Waals surface area contributed by atoms with Gasteiger partial charge in [0, 0.05) is 5.54 Å². The van der Waals surface area contributed by atoms with Gasteiger partial charge in [-0.05, 0) is 85.8 Å². The SMILES string of the molecule is CCN(CC)CCCN(CC)CCCCCNC(C)(C)C. The molecule has 3 heteroatoms. The molecule has 0 aliphatic heterocycles. The number of rotatable bonds is 13. The normalized spacial score (nSPS) is 12.6. The molecule has 0 aromatic heterocycles. The minimum Gasteiger partial charge on any atom is -0.312 e. The minimum atomic E-state index is 0.264. The predicted molar refractivity (Wildman–Crippen MR) is 96.1 cm³/mol. The van der Waals surface area contributed by atoms with E-state index in [0.717, 1.165) is 6.54 Å². The highest BCUT2D eigenvalue weighted by Crippen LogP contribution is 2.03. The third-order valence-corrected chi connectivity index (χ3v) is 4.10. The highest BCUT2D eigenvalue weighted by molar-refractivity contribution is 4.69. The average Bonchev–Trinajstić information content (AvgIpc) is 2.43. The van der Waals surface area contributed by atoms with Crippen LogP contribution < -0.4 is 5.32 Å². The Morgan fingerprint density at radius 3 is 1.71 bits per heavy atom. The van der Waals surface area contributed by atoms with Crippen LogP contribution in [0.3, 0.4) is 0 Å². The summed E-state index contributed by atoms with van der Waals surface area (Å²) < 4.78 is 0. The van der Waals surface area contributed by atoms with Gasteiger partial charge in [-0.25, -0.2) is 0 Å². The van der Waals surface area contributed by atoms with Crippen LogP contribution in [-0.2, 0) is 0 Å². The first-order valence-electron chi connectivity index (χ1n) is 9.12. The Hall–Kier alpha value is -0.120. The summed E-state index contributed by atoms with van der Waals surface area (Å²) in [5.74, 6) is 0. The second-order valence-electron chi connectivity index (χ2n) is 7.05. The van der Waals surface area contributed by atoms with Crippen LogP contribution in [0.1, 0.15) is 67.2 Å². The van der Waals surface area contributed by atoms with Crippen LogP contribution in [0.2, 0.25) is 0 Å². The van der Waals surface area contributed by atoms with Crippen molar-refractivity contribution in [2.75, 3.05) is 45.8 Å². The summed E-state index contributed by atoms with van der Waals surface area (Å²) in [6.07, 6.45) is 5.29. The smallest absolute Gasteiger partial charge is 0.00965 e. The maximum atomic E-state index is 3.56. The molecule has 0 saturated heterocycles. The molecule has 1 N–H and O–H groups in total. The second kappa shape index (κ2) is 12.4. The number of hydrogen-bond donors (Lipinski definition) is 1. The highest BCUT2D eigenvalue weighted by atomic mass is 15.1. The summed E-state index contributed by atoms with van der Waals surface area (Å²) in [4.78, 5) is 5.13. The van der Waals surface area contributed by atoms with Gasteiger partial charge in [0.15, 0.2) is 0 Å². The zero-order valence-electron chi connectivity index (χ0n) is 15.7. The first kappa shape index (κ1) is 20.9. The van der Waals surface area contributed by atoms with Gasteiger partial charge in [-0.1, -0.05) is 27.2 Å². The Morgan fingerprint density at radius 2 is 1.19 bits per heavy atom. The Bertz CT molecular complexity index is 219. The molecule has 0 aromatic rings. The minimum absolute atomic E-state index is 0.264. The fraction of sp³-hybridized carbons (Fsp3) is 1.00. The first-order chi connectivity index (χ1) is 9.92. The number of nitrogens with zero attached hydrogens (tertiary/aromatic N) is 2. The van der Waals surface area contributed by atoms with Gasteiger partial charge in [0.1, 0.15) is 0 Å². The van der Waals surface area contributed by atoms with Crippen molar-refractivity contribution in [3.63, 3.8) is 0 Å². The fourth-order valence-corrected chi connectivity index (χ4v) is 2.59. The summed E-state index contributed by atoms with van der Waals surface area (Å²) in [6, 6.07) is 0. The maximum Gasteiger partial charge on any atom is 0.00965 e. The molecule has 0 spiro atoms. The third-order valence-electron chi connectivity index (χ3n) is 4.10. The first-order valence-corrected chi connectivity index (χ1v) is 9.12. The lowest BCUT2D eigenvalue weighted by Gasteiger charge is -2.23. The van der Waals surface area contributed by atoms with Gasteiger partial charge in [-0.15, -0.1) is 0 Å². The quantitative estimate of drug-likeness (QED) is 0.524. The number of unbranched alkanes of at least 4 members (excludes halogenated alkanes) is 2. The molecule has 0 atom stereocenters. The van der Waals surface area contributed by atoms with E-state index < -0.39 is 0 Å². The molecule has 0 fully saturated rings. The lowest BCUT2D eigenvalue weighted by Crippen LogP contribution is -2.36. The molecule has 0 aliphatic carbocycles. The molecular weight excluding hydrogens is 258 g/mol. The Kier molecular flexibility index (Phi) is 12.4. The van der Waals surface area contributed by atoms with Crippen LogP contribution in [-0.4, -0.2) is 61.2 Å². The third kappa shape index (κ3) is 13.3. The fourth-order valence-electron chi connectivity index (χ4n) is 2.59. The van der Waals surface area contributed by atoms with Crippen LogP contribution in [0.4, 0.5) is 0 Å². The number of nitrogens with one attached hydrogen (secondary N) is 1. The van der Waals surface area contributed by atoms with Gasteiger partial charge in [-0.3, -0.25) is 0 Å². The zero-order chi connectivity index (χ0) is 16.1. The summed E-state index contributed by atoms with van der Waals surface area (Å²) >= 11 is 0. The predicted octanol–water partition coefficient (Wildman–Crippen LogP) is 3.60. The van der Waals surface area contributed by atoms with Gasteiger partial charge >= 0.3 is 0 Å². The highest BCUT2D eigenvalue weighted by Gasteiger charge is 2.07. The summed E-state index contributed by atoms with van der Waals surface area (Å²) in [5, 5.41) is 3.56. The van der Waals surface area contributed by atoms with Gasteiger partial charge in [-0.2, -0.15) is 0 Å². The van der Waals surface area contributed by atoms with E-state index in [-0.39, 0.29) is 5.54 Å². The monoisotopic (exact) mass is 299 g/mol. The van der Waals surface area contributed by atoms with Crippen molar-refractivity contribution in [2.45, 2.75) is 72.8 Å². The van der Waals surface area contributed by atoms with Crippen LogP contribution in [0.15, 0.2) is 0 Å². The van der Waals surface area contributed by atoms with E-state index in [0.29, 0.717) is 0 Å². The zero-order valence-corrected chi connectivity index (χ0v) is 15.7. The molecule has 3 nitrogen and oxygen atoms in total. The van der Waals surface area contributed by atoms with Crippen molar-refractivity contribution in [2.24, 2.45) is 0 Å². The molecule has 0 bridgehead atoms. The summed E-state index contributed by atoms with van der Waals surface area (Å²) in [6.45, 7) is 22.0. The van der Waals surface area contributed by atoms with Crippen molar-refractivity contribution in [3.05, 3.63) is 0 Å². The van der Waals surface area contributed by atoms with E-state index in [4.69, 9.17) is 0 Å². The average molecular weight is 300 g/mol. The Balaban J connectivity index is 3.57. The molecule has 21 heavy (non-hydrogen) atoms. The van der Waals surface area contributed by atoms with Crippen molar-refractivity contribution in [1.29, 1.82) is 0 Å². The van der Waals surface area contributed by atoms with Crippen LogP contribution in [0, 0.1) is 0 Å². The van der Waals surface area contributed by atoms with Gasteiger partial charge in [0.2, 0.25) is 0 Å². The van der Waals surface area contributed by atoms with Crippen LogP contribution in [0.5, 0.6) is 0 Å². The second-order valence-corrected chi connectivity index (χ2v) is 7.05. The molecule has 0 saturated carbocycles. The molecule has 128 valence electrons. The lowest BCUT2D eigenvalue weighted by atomic mass is 10.1. The molecule has 0 rings (SSSR count). The van der Waals surface area contributed by atoms with E-state index in [9.17, 15) is 0 Å². The molecular formula is C18H41N3.